The number of hydrogen-bond acceptors (Lipinski definition) is 4. The van der Waals surface area contributed by atoms with Gasteiger partial charge in [-0.25, -0.2) is 0 Å². The van der Waals surface area contributed by atoms with Crippen molar-refractivity contribution in [2.75, 3.05) is 32.8 Å². The number of fused-ring (bicyclic) bond motifs is 1. The minimum Gasteiger partial charge on any atom is -0.493 e. The highest BCUT2D eigenvalue weighted by atomic mass is 16.5. The summed E-state index contributed by atoms with van der Waals surface area (Å²) in [5.74, 6) is 2.81. The summed E-state index contributed by atoms with van der Waals surface area (Å²) in [6.07, 6.45) is 5.65. The van der Waals surface area contributed by atoms with E-state index in [1.807, 2.05) is 24.3 Å². The van der Waals surface area contributed by atoms with Crippen LogP contribution in [0.15, 0.2) is 64.2 Å². The Bertz CT molecular complexity index is 869. The zero-order valence-electron chi connectivity index (χ0n) is 18.5. The van der Waals surface area contributed by atoms with Crippen LogP contribution in [0.3, 0.4) is 0 Å². The van der Waals surface area contributed by atoms with E-state index >= 15 is 0 Å². The molecule has 1 unspecified atom stereocenters. The lowest BCUT2D eigenvalue weighted by molar-refractivity contribution is 0.220. The fourth-order valence-corrected chi connectivity index (χ4v) is 4.33. The SMILES string of the molecule is C=C(C)CN1CCC(NC(=NCCc2ccco2)NC2CCOc3ccccc32)CC1. The minimum atomic E-state index is 0.198. The second kappa shape index (κ2) is 10.5. The summed E-state index contributed by atoms with van der Waals surface area (Å²) in [7, 11) is 0. The number of aliphatic imine (C=N–C) groups is 1. The van der Waals surface area contributed by atoms with Gasteiger partial charge in [-0.1, -0.05) is 30.4 Å². The summed E-state index contributed by atoms with van der Waals surface area (Å²) in [4.78, 5) is 7.38. The van der Waals surface area contributed by atoms with Crippen LogP contribution in [0.25, 0.3) is 0 Å². The Morgan fingerprint density at radius 3 is 2.74 bits per heavy atom. The van der Waals surface area contributed by atoms with Gasteiger partial charge in [0.1, 0.15) is 11.5 Å². The van der Waals surface area contributed by atoms with E-state index in [0.29, 0.717) is 19.2 Å². The van der Waals surface area contributed by atoms with Crippen molar-refractivity contribution >= 4 is 5.96 Å². The molecule has 2 aliphatic heterocycles. The van der Waals surface area contributed by atoms with Gasteiger partial charge in [0.2, 0.25) is 0 Å². The number of nitrogens with one attached hydrogen (secondary N) is 2. The molecule has 0 spiro atoms. The molecule has 1 atom stereocenters. The first kappa shape index (κ1) is 21.5. The van der Waals surface area contributed by atoms with Crippen LogP contribution >= 0.6 is 0 Å². The van der Waals surface area contributed by atoms with Crippen LogP contribution in [0.5, 0.6) is 5.75 Å². The lowest BCUT2D eigenvalue weighted by Gasteiger charge is -2.34. The Labute approximate surface area is 185 Å². The highest BCUT2D eigenvalue weighted by molar-refractivity contribution is 5.80. The highest BCUT2D eigenvalue weighted by Gasteiger charge is 2.24. The van der Waals surface area contributed by atoms with Crippen molar-refractivity contribution in [2.45, 2.75) is 44.7 Å². The first-order valence-electron chi connectivity index (χ1n) is 11.4. The topological polar surface area (TPSA) is 62.0 Å². The van der Waals surface area contributed by atoms with E-state index in [1.54, 1.807) is 6.26 Å². The molecule has 1 saturated heterocycles. The predicted molar refractivity (Wildman–Crippen MR) is 125 cm³/mol. The van der Waals surface area contributed by atoms with Crippen LogP contribution in [0.1, 0.15) is 43.6 Å². The number of guanidine groups is 1. The van der Waals surface area contributed by atoms with Crippen molar-refractivity contribution in [1.82, 2.24) is 15.5 Å². The highest BCUT2D eigenvalue weighted by Crippen LogP contribution is 2.31. The predicted octanol–water partition coefficient (Wildman–Crippen LogP) is 3.92. The molecule has 2 aliphatic rings. The maximum atomic E-state index is 5.83. The van der Waals surface area contributed by atoms with E-state index < -0.39 is 0 Å². The van der Waals surface area contributed by atoms with Gasteiger partial charge < -0.3 is 19.8 Å². The molecule has 4 rings (SSSR count). The van der Waals surface area contributed by atoms with Crippen LogP contribution in [-0.2, 0) is 6.42 Å². The monoisotopic (exact) mass is 422 g/mol. The van der Waals surface area contributed by atoms with Gasteiger partial charge in [0.25, 0.3) is 0 Å². The normalized spacial score (nSPS) is 20.0. The van der Waals surface area contributed by atoms with Crippen molar-refractivity contribution in [3.05, 3.63) is 66.1 Å². The molecule has 31 heavy (non-hydrogen) atoms. The quantitative estimate of drug-likeness (QED) is 0.402. The fraction of sp³-hybridized carbons (Fsp3) is 0.480. The molecule has 6 nitrogen and oxygen atoms in total. The van der Waals surface area contributed by atoms with E-state index in [2.05, 4.69) is 41.2 Å². The summed E-state index contributed by atoms with van der Waals surface area (Å²) in [6.45, 7) is 10.7. The number of furan rings is 1. The molecular weight excluding hydrogens is 388 g/mol. The second-order valence-corrected chi connectivity index (χ2v) is 8.58. The van der Waals surface area contributed by atoms with E-state index in [9.17, 15) is 0 Å². The van der Waals surface area contributed by atoms with Gasteiger partial charge >= 0.3 is 0 Å². The second-order valence-electron chi connectivity index (χ2n) is 8.58. The van der Waals surface area contributed by atoms with E-state index in [1.165, 1.54) is 11.1 Å². The Balaban J connectivity index is 1.40. The largest absolute Gasteiger partial charge is 0.493 e. The molecule has 2 N–H and O–H groups in total. The number of hydrogen-bond donors (Lipinski definition) is 2. The Morgan fingerprint density at radius 2 is 1.97 bits per heavy atom. The van der Waals surface area contributed by atoms with E-state index in [4.69, 9.17) is 14.1 Å². The molecule has 2 aromatic rings. The zero-order valence-corrected chi connectivity index (χ0v) is 18.5. The summed E-state index contributed by atoms with van der Waals surface area (Å²) < 4.78 is 11.3. The van der Waals surface area contributed by atoms with Crippen molar-refractivity contribution in [3.63, 3.8) is 0 Å². The Hall–Kier alpha value is -2.73. The first-order valence-corrected chi connectivity index (χ1v) is 11.4. The average molecular weight is 423 g/mol. The zero-order chi connectivity index (χ0) is 21.5. The van der Waals surface area contributed by atoms with Gasteiger partial charge in [-0.15, -0.1) is 0 Å². The smallest absolute Gasteiger partial charge is 0.191 e. The summed E-state index contributed by atoms with van der Waals surface area (Å²) in [5.41, 5.74) is 2.43. The number of nitrogens with zero attached hydrogens (tertiary/aromatic N) is 2. The van der Waals surface area contributed by atoms with Crippen molar-refractivity contribution in [1.29, 1.82) is 0 Å². The molecule has 0 radical (unpaired) electrons. The third kappa shape index (κ3) is 6.14. The Morgan fingerprint density at radius 1 is 1.13 bits per heavy atom. The van der Waals surface area contributed by atoms with E-state index in [0.717, 1.165) is 62.8 Å². The number of likely N-dealkylation sites (tertiary alicyclic amines) is 1. The number of ether oxygens (including phenoxy) is 1. The van der Waals surface area contributed by atoms with Crippen molar-refractivity contribution < 1.29 is 9.15 Å². The van der Waals surface area contributed by atoms with Crippen LogP contribution in [-0.4, -0.2) is 49.7 Å². The third-order valence-corrected chi connectivity index (χ3v) is 5.90. The Kier molecular flexibility index (Phi) is 7.30. The maximum Gasteiger partial charge on any atom is 0.191 e. The number of rotatable bonds is 7. The molecule has 0 aliphatic carbocycles. The summed E-state index contributed by atoms with van der Waals surface area (Å²) in [6, 6.07) is 12.8. The minimum absolute atomic E-state index is 0.198. The fourth-order valence-electron chi connectivity index (χ4n) is 4.33. The average Bonchev–Trinajstić information content (AvgIpc) is 3.28. The van der Waals surface area contributed by atoms with Crippen LogP contribution in [0.4, 0.5) is 0 Å². The molecule has 3 heterocycles. The van der Waals surface area contributed by atoms with Crippen molar-refractivity contribution in [3.8, 4) is 5.75 Å². The van der Waals surface area contributed by atoms with E-state index in [-0.39, 0.29) is 6.04 Å². The van der Waals surface area contributed by atoms with Gasteiger partial charge in [0.05, 0.1) is 18.9 Å². The number of piperidine rings is 1. The lowest BCUT2D eigenvalue weighted by Crippen LogP contribution is -2.50. The van der Waals surface area contributed by atoms with Gasteiger partial charge in [-0.05, 0) is 38.0 Å². The molecule has 1 aromatic heterocycles. The molecule has 166 valence electrons. The first-order chi connectivity index (χ1) is 15.2. The van der Waals surface area contributed by atoms with Gasteiger partial charge in [-0.3, -0.25) is 9.89 Å². The molecular formula is C25H34N4O2. The number of benzene rings is 1. The molecule has 1 aromatic carbocycles. The molecule has 1 fully saturated rings. The van der Waals surface area contributed by atoms with Crippen LogP contribution in [0, 0.1) is 0 Å². The third-order valence-electron chi connectivity index (χ3n) is 5.90. The van der Waals surface area contributed by atoms with Crippen molar-refractivity contribution in [2.24, 2.45) is 4.99 Å². The molecule has 0 bridgehead atoms. The molecule has 0 saturated carbocycles. The molecule has 6 heteroatoms. The standard InChI is InChI=1S/C25H34N4O2/c1-19(2)18-29-14-10-20(11-15-29)27-25(26-13-9-21-6-5-16-30-21)28-23-12-17-31-24-8-4-3-7-22(23)24/h3-8,16,20,23H,1,9-15,17-18H2,2H3,(H2,26,27,28). The maximum absolute atomic E-state index is 5.83. The van der Waals surface area contributed by atoms with Gasteiger partial charge in [0.15, 0.2) is 5.96 Å². The van der Waals surface area contributed by atoms with Crippen LogP contribution in [0.2, 0.25) is 0 Å². The van der Waals surface area contributed by atoms with Gasteiger partial charge in [-0.2, -0.15) is 0 Å². The summed E-state index contributed by atoms with van der Waals surface area (Å²) >= 11 is 0. The van der Waals surface area contributed by atoms with Gasteiger partial charge in [0, 0.05) is 50.6 Å². The summed E-state index contributed by atoms with van der Waals surface area (Å²) in [5, 5.41) is 7.39. The molecule has 0 amide bonds. The number of para-hydroxylation sites is 1. The lowest BCUT2D eigenvalue weighted by atomic mass is 10.0. The van der Waals surface area contributed by atoms with Crippen LogP contribution < -0.4 is 15.4 Å².